The van der Waals surface area contributed by atoms with Gasteiger partial charge in [-0.15, -0.1) is 10.2 Å². The summed E-state index contributed by atoms with van der Waals surface area (Å²) in [6.45, 7) is 1.56. The van der Waals surface area contributed by atoms with Crippen molar-refractivity contribution in [1.82, 2.24) is 10.2 Å². The molecule has 0 atom stereocenters. The van der Waals surface area contributed by atoms with E-state index in [4.69, 9.17) is 4.42 Å². The van der Waals surface area contributed by atoms with Gasteiger partial charge < -0.3 is 15.1 Å². The van der Waals surface area contributed by atoms with Crippen molar-refractivity contribution in [2.75, 3.05) is 10.6 Å². The topological polar surface area (TPSA) is 63.0 Å². The average molecular weight is 433 g/mol. The SMILES string of the molecule is c1ccc(CNc2ccc(-c3nnc(-c4ccc(NCc5ccccc5)cc4)o3)cc2)cc1. The van der Waals surface area contributed by atoms with Crippen LogP contribution in [0, 0.1) is 0 Å². The van der Waals surface area contributed by atoms with Crippen LogP contribution in [0.4, 0.5) is 11.4 Å². The van der Waals surface area contributed by atoms with Gasteiger partial charge in [0.1, 0.15) is 0 Å². The van der Waals surface area contributed by atoms with E-state index in [2.05, 4.69) is 45.1 Å². The molecule has 0 aliphatic heterocycles. The fourth-order valence-corrected chi connectivity index (χ4v) is 3.52. The molecule has 4 aromatic carbocycles. The number of nitrogens with one attached hydrogen (secondary N) is 2. The minimum Gasteiger partial charge on any atom is -0.416 e. The van der Waals surface area contributed by atoms with Crippen LogP contribution in [0.1, 0.15) is 11.1 Å². The molecule has 5 aromatic rings. The third kappa shape index (κ3) is 5.28. The van der Waals surface area contributed by atoms with Crippen molar-refractivity contribution in [2.24, 2.45) is 0 Å². The average Bonchev–Trinajstić information content (AvgIpc) is 3.38. The van der Waals surface area contributed by atoms with Crippen LogP contribution >= 0.6 is 0 Å². The number of anilines is 2. The van der Waals surface area contributed by atoms with Crippen LogP contribution in [0.2, 0.25) is 0 Å². The Labute approximate surface area is 193 Å². The summed E-state index contributed by atoms with van der Waals surface area (Å²) in [6, 6.07) is 36.7. The second-order valence-corrected chi connectivity index (χ2v) is 7.75. The number of nitrogens with zero attached hydrogens (tertiary/aromatic N) is 2. The van der Waals surface area contributed by atoms with Gasteiger partial charge in [0.2, 0.25) is 11.8 Å². The first-order valence-electron chi connectivity index (χ1n) is 10.9. The Morgan fingerprint density at radius 3 is 1.27 bits per heavy atom. The molecule has 0 spiro atoms. The maximum absolute atomic E-state index is 5.93. The summed E-state index contributed by atoms with van der Waals surface area (Å²) in [7, 11) is 0. The Morgan fingerprint density at radius 2 is 0.879 bits per heavy atom. The monoisotopic (exact) mass is 432 g/mol. The van der Waals surface area contributed by atoms with Crippen molar-refractivity contribution in [2.45, 2.75) is 13.1 Å². The van der Waals surface area contributed by atoms with Gasteiger partial charge in [-0.05, 0) is 59.7 Å². The molecule has 0 radical (unpaired) electrons. The Kier molecular flexibility index (Phi) is 6.11. The van der Waals surface area contributed by atoms with Crippen LogP contribution < -0.4 is 10.6 Å². The maximum Gasteiger partial charge on any atom is 0.248 e. The highest BCUT2D eigenvalue weighted by atomic mass is 16.4. The zero-order valence-electron chi connectivity index (χ0n) is 18.1. The normalized spacial score (nSPS) is 10.7. The molecule has 5 rings (SSSR count). The van der Waals surface area contributed by atoms with Crippen molar-refractivity contribution in [1.29, 1.82) is 0 Å². The Morgan fingerprint density at radius 1 is 0.485 bits per heavy atom. The van der Waals surface area contributed by atoms with Crippen molar-refractivity contribution in [3.63, 3.8) is 0 Å². The minimum atomic E-state index is 0.505. The predicted octanol–water partition coefficient (Wildman–Crippen LogP) is 6.63. The van der Waals surface area contributed by atoms with E-state index < -0.39 is 0 Å². The van der Waals surface area contributed by atoms with Gasteiger partial charge in [0, 0.05) is 35.6 Å². The molecule has 33 heavy (non-hydrogen) atoms. The lowest BCUT2D eigenvalue weighted by Gasteiger charge is -2.07. The third-order valence-corrected chi connectivity index (χ3v) is 5.37. The van der Waals surface area contributed by atoms with E-state index in [9.17, 15) is 0 Å². The quantitative estimate of drug-likeness (QED) is 0.288. The van der Waals surface area contributed by atoms with Gasteiger partial charge in [-0.2, -0.15) is 0 Å². The lowest BCUT2D eigenvalue weighted by Crippen LogP contribution is -1.98. The lowest BCUT2D eigenvalue weighted by molar-refractivity contribution is 0.584. The summed E-state index contributed by atoms with van der Waals surface area (Å²) in [5.74, 6) is 1.01. The molecule has 1 aromatic heterocycles. The van der Waals surface area contributed by atoms with Crippen molar-refractivity contribution >= 4 is 11.4 Å². The highest BCUT2D eigenvalue weighted by Crippen LogP contribution is 2.26. The molecule has 162 valence electrons. The molecule has 0 saturated heterocycles. The van der Waals surface area contributed by atoms with Gasteiger partial charge in [0.15, 0.2) is 0 Å². The smallest absolute Gasteiger partial charge is 0.248 e. The van der Waals surface area contributed by atoms with Gasteiger partial charge in [-0.25, -0.2) is 0 Å². The molecule has 0 aliphatic rings. The van der Waals surface area contributed by atoms with Crippen LogP contribution in [0.25, 0.3) is 22.9 Å². The Bertz CT molecular complexity index is 1180. The second kappa shape index (κ2) is 9.83. The van der Waals surface area contributed by atoms with Gasteiger partial charge in [0.25, 0.3) is 0 Å². The van der Waals surface area contributed by atoms with Crippen LogP contribution in [-0.4, -0.2) is 10.2 Å². The molecule has 0 saturated carbocycles. The molecule has 5 heteroatoms. The standard InChI is InChI=1S/C28H24N4O/c1-3-7-21(8-4-1)19-29-25-15-11-23(12-16-25)27-31-32-28(33-27)24-13-17-26(18-14-24)30-20-22-9-5-2-6-10-22/h1-18,29-30H,19-20H2. The summed E-state index contributed by atoms with van der Waals surface area (Å²) in [4.78, 5) is 0. The molecule has 1 heterocycles. The highest BCUT2D eigenvalue weighted by molar-refractivity contribution is 5.62. The first-order chi connectivity index (χ1) is 16.3. The molecule has 5 nitrogen and oxygen atoms in total. The number of hydrogen-bond acceptors (Lipinski definition) is 5. The molecule has 0 aliphatic carbocycles. The first kappa shape index (κ1) is 20.5. The van der Waals surface area contributed by atoms with Crippen LogP contribution in [-0.2, 0) is 13.1 Å². The fraction of sp³-hybridized carbons (Fsp3) is 0.0714. The summed E-state index contributed by atoms with van der Waals surface area (Å²) in [6.07, 6.45) is 0. The number of rotatable bonds is 8. The second-order valence-electron chi connectivity index (χ2n) is 7.75. The molecular formula is C28H24N4O. The van der Waals surface area contributed by atoms with Gasteiger partial charge in [-0.1, -0.05) is 60.7 Å². The maximum atomic E-state index is 5.93. The summed E-state index contributed by atoms with van der Waals surface area (Å²) in [5, 5.41) is 15.3. The minimum absolute atomic E-state index is 0.505. The Balaban J connectivity index is 1.20. The number of aromatic nitrogens is 2. The van der Waals surface area contributed by atoms with Crippen LogP contribution in [0.15, 0.2) is 114 Å². The van der Waals surface area contributed by atoms with Crippen molar-refractivity contribution < 1.29 is 4.42 Å². The van der Waals surface area contributed by atoms with Crippen LogP contribution in [0.5, 0.6) is 0 Å². The summed E-state index contributed by atoms with van der Waals surface area (Å²) < 4.78 is 5.93. The molecule has 2 N–H and O–H groups in total. The van der Waals surface area contributed by atoms with Gasteiger partial charge in [-0.3, -0.25) is 0 Å². The number of hydrogen-bond donors (Lipinski definition) is 2. The lowest BCUT2D eigenvalue weighted by atomic mass is 10.2. The zero-order chi connectivity index (χ0) is 22.3. The zero-order valence-corrected chi connectivity index (χ0v) is 18.1. The van der Waals surface area contributed by atoms with E-state index in [0.717, 1.165) is 35.6 Å². The predicted molar refractivity (Wildman–Crippen MR) is 133 cm³/mol. The first-order valence-corrected chi connectivity index (χ1v) is 10.9. The van der Waals surface area contributed by atoms with E-state index in [1.165, 1.54) is 11.1 Å². The number of benzene rings is 4. The summed E-state index contributed by atoms with van der Waals surface area (Å²) >= 11 is 0. The summed E-state index contributed by atoms with van der Waals surface area (Å²) in [5.41, 5.74) is 6.34. The highest BCUT2D eigenvalue weighted by Gasteiger charge is 2.10. The molecule has 0 amide bonds. The van der Waals surface area contributed by atoms with Crippen molar-refractivity contribution in [3.05, 3.63) is 120 Å². The third-order valence-electron chi connectivity index (χ3n) is 5.37. The molecular weight excluding hydrogens is 408 g/mol. The van der Waals surface area contributed by atoms with Gasteiger partial charge >= 0.3 is 0 Å². The van der Waals surface area contributed by atoms with E-state index in [-0.39, 0.29) is 0 Å². The van der Waals surface area contributed by atoms with Gasteiger partial charge in [0.05, 0.1) is 0 Å². The van der Waals surface area contributed by atoms with E-state index in [1.807, 2.05) is 84.9 Å². The largest absolute Gasteiger partial charge is 0.416 e. The fourth-order valence-electron chi connectivity index (χ4n) is 3.52. The van der Waals surface area contributed by atoms with E-state index in [1.54, 1.807) is 0 Å². The van der Waals surface area contributed by atoms with E-state index >= 15 is 0 Å². The van der Waals surface area contributed by atoms with Crippen LogP contribution in [0.3, 0.4) is 0 Å². The molecule has 0 unspecified atom stereocenters. The van der Waals surface area contributed by atoms with E-state index in [0.29, 0.717) is 11.8 Å². The molecule has 0 fully saturated rings. The molecule has 0 bridgehead atoms. The van der Waals surface area contributed by atoms with Crippen molar-refractivity contribution in [3.8, 4) is 22.9 Å². The Hall–Kier alpha value is -4.38.